The third-order valence-corrected chi connectivity index (χ3v) is 6.53. The fraction of sp³-hybridized carbons (Fsp3) is 0.900. The van der Waals surface area contributed by atoms with Gasteiger partial charge in [-0.3, -0.25) is 0 Å². The molecule has 10 atom stereocenters. The summed E-state index contributed by atoms with van der Waals surface area (Å²) in [6.45, 7) is 0.0565. The second-order valence-corrected chi connectivity index (χ2v) is 9.53. The number of hydrogen-bond donors (Lipinski definition) is 12. The van der Waals surface area contributed by atoms with Crippen LogP contribution in [0.25, 0.3) is 0 Å². The van der Waals surface area contributed by atoms with Crippen LogP contribution >= 0.6 is 24.4 Å². The zero-order valence-electron chi connectivity index (χ0n) is 19.6. The molecule has 2 rings (SSSR count). The third kappa shape index (κ3) is 8.78. The largest absolute Gasteiger partial charge is 0.394 e. The van der Waals surface area contributed by atoms with Gasteiger partial charge in [0, 0.05) is 13.1 Å². The van der Waals surface area contributed by atoms with E-state index >= 15 is 0 Å². The van der Waals surface area contributed by atoms with E-state index in [1.54, 1.807) is 0 Å². The molecule has 0 saturated carbocycles. The summed E-state index contributed by atoms with van der Waals surface area (Å²) >= 11 is 10.3. The minimum Gasteiger partial charge on any atom is -0.394 e. The number of nitrogens with one attached hydrogen (secondary N) is 4. The van der Waals surface area contributed by atoms with E-state index in [2.05, 4.69) is 21.3 Å². The maximum absolute atomic E-state index is 10.0. The van der Waals surface area contributed by atoms with Crippen LogP contribution in [0.15, 0.2) is 0 Å². The van der Waals surface area contributed by atoms with Gasteiger partial charge in [-0.05, 0) is 37.3 Å². The Morgan fingerprint density at radius 3 is 1.25 bits per heavy atom. The Labute approximate surface area is 219 Å². The van der Waals surface area contributed by atoms with Crippen molar-refractivity contribution >= 4 is 34.7 Å². The van der Waals surface area contributed by atoms with Crippen LogP contribution in [0, 0.1) is 0 Å². The van der Waals surface area contributed by atoms with E-state index in [-0.39, 0.29) is 10.2 Å². The zero-order valence-corrected chi connectivity index (χ0v) is 21.3. The summed E-state index contributed by atoms with van der Waals surface area (Å²) in [4.78, 5) is 0. The van der Waals surface area contributed by atoms with Crippen molar-refractivity contribution in [2.75, 3.05) is 26.3 Å². The molecule has 36 heavy (non-hydrogen) atoms. The molecule has 0 amide bonds. The molecule has 0 aromatic carbocycles. The monoisotopic (exact) mass is 558 g/mol. The van der Waals surface area contributed by atoms with Gasteiger partial charge in [0.05, 0.1) is 13.2 Å². The number of ether oxygens (including phenoxy) is 2. The van der Waals surface area contributed by atoms with Crippen molar-refractivity contribution < 1.29 is 50.3 Å². The second-order valence-electron chi connectivity index (χ2n) is 8.71. The quantitative estimate of drug-likeness (QED) is 0.0842. The highest BCUT2D eigenvalue weighted by Gasteiger charge is 2.44. The molecule has 2 saturated heterocycles. The van der Waals surface area contributed by atoms with Crippen LogP contribution in [0.3, 0.4) is 0 Å². The molecule has 0 spiro atoms. The summed E-state index contributed by atoms with van der Waals surface area (Å²) < 4.78 is 10.7. The molecule has 0 aliphatic carbocycles. The Kier molecular flexibility index (Phi) is 13.4. The first kappa shape index (κ1) is 31.2. The topological polar surface area (TPSA) is 228 Å². The van der Waals surface area contributed by atoms with Crippen molar-refractivity contribution in [3.8, 4) is 0 Å². The minimum atomic E-state index is -1.48. The first-order valence-corrected chi connectivity index (χ1v) is 12.6. The van der Waals surface area contributed by atoms with Gasteiger partial charge in [-0.25, -0.2) is 0 Å². The lowest BCUT2D eigenvalue weighted by atomic mass is 9.98. The molecule has 12 N–H and O–H groups in total. The average molecular weight is 559 g/mol. The van der Waals surface area contributed by atoms with E-state index in [1.165, 1.54) is 0 Å². The molecule has 2 aliphatic heterocycles. The Morgan fingerprint density at radius 1 is 0.556 bits per heavy atom. The van der Waals surface area contributed by atoms with Gasteiger partial charge >= 0.3 is 0 Å². The minimum absolute atomic E-state index is 0.200. The van der Waals surface area contributed by atoms with Crippen molar-refractivity contribution in [3.05, 3.63) is 0 Å². The predicted molar refractivity (Wildman–Crippen MR) is 133 cm³/mol. The van der Waals surface area contributed by atoms with Gasteiger partial charge in [-0.15, -0.1) is 0 Å². The van der Waals surface area contributed by atoms with E-state index < -0.39 is 74.5 Å². The van der Waals surface area contributed by atoms with Gasteiger partial charge in [-0.1, -0.05) is 12.8 Å². The van der Waals surface area contributed by atoms with Crippen molar-refractivity contribution in [2.24, 2.45) is 0 Å². The molecule has 0 unspecified atom stereocenters. The highest BCUT2D eigenvalue weighted by Crippen LogP contribution is 2.20. The Morgan fingerprint density at radius 2 is 0.917 bits per heavy atom. The Hall–Kier alpha value is -1.02. The molecular weight excluding hydrogens is 520 g/mol. The van der Waals surface area contributed by atoms with Gasteiger partial charge < -0.3 is 71.6 Å². The second kappa shape index (κ2) is 15.4. The van der Waals surface area contributed by atoms with E-state index in [0.29, 0.717) is 13.1 Å². The first-order valence-electron chi connectivity index (χ1n) is 11.8. The number of hydrogen-bond acceptors (Lipinski definition) is 12. The van der Waals surface area contributed by atoms with Crippen molar-refractivity contribution in [1.29, 1.82) is 0 Å². The number of rotatable bonds is 11. The van der Waals surface area contributed by atoms with Crippen LogP contribution in [0.4, 0.5) is 0 Å². The summed E-state index contributed by atoms with van der Waals surface area (Å²) in [6, 6.07) is 0. The van der Waals surface area contributed by atoms with Gasteiger partial charge in [0.1, 0.15) is 48.8 Å². The van der Waals surface area contributed by atoms with Crippen LogP contribution in [0.1, 0.15) is 25.7 Å². The molecule has 2 heterocycles. The Balaban J connectivity index is 1.54. The van der Waals surface area contributed by atoms with Crippen LogP contribution < -0.4 is 21.3 Å². The first-order chi connectivity index (χ1) is 17.1. The van der Waals surface area contributed by atoms with Gasteiger partial charge in [0.2, 0.25) is 0 Å². The van der Waals surface area contributed by atoms with E-state index in [0.717, 1.165) is 25.7 Å². The molecule has 2 fully saturated rings. The smallest absolute Gasteiger partial charge is 0.168 e. The lowest BCUT2D eigenvalue weighted by Crippen LogP contribution is -2.64. The maximum atomic E-state index is 10.0. The zero-order chi connectivity index (χ0) is 26.8. The third-order valence-electron chi connectivity index (χ3n) is 6.01. The lowest BCUT2D eigenvalue weighted by molar-refractivity contribution is -0.232. The van der Waals surface area contributed by atoms with E-state index in [9.17, 15) is 40.9 Å². The Bertz CT molecular complexity index is 639. The number of unbranched alkanes of at least 4 members (excludes halogenated alkanes) is 3. The number of aliphatic hydroxyl groups excluding tert-OH is 8. The van der Waals surface area contributed by atoms with Crippen molar-refractivity contribution in [2.45, 2.75) is 87.0 Å². The molecule has 0 aromatic heterocycles. The van der Waals surface area contributed by atoms with Crippen LogP contribution in [0.5, 0.6) is 0 Å². The molecule has 2 aliphatic rings. The molecular formula is C20H38N4O10S2. The van der Waals surface area contributed by atoms with E-state index in [1.807, 2.05) is 0 Å². The van der Waals surface area contributed by atoms with Crippen molar-refractivity contribution in [1.82, 2.24) is 21.3 Å². The summed E-state index contributed by atoms with van der Waals surface area (Å²) in [5, 5.41) is 89.4. The van der Waals surface area contributed by atoms with Gasteiger partial charge in [0.15, 0.2) is 22.7 Å². The lowest BCUT2D eigenvalue weighted by Gasteiger charge is -2.40. The molecule has 210 valence electrons. The molecule has 0 radical (unpaired) electrons. The summed E-state index contributed by atoms with van der Waals surface area (Å²) in [7, 11) is 0. The van der Waals surface area contributed by atoms with E-state index in [4.69, 9.17) is 33.9 Å². The summed E-state index contributed by atoms with van der Waals surface area (Å²) in [6.07, 6.45) is -9.51. The summed E-state index contributed by atoms with van der Waals surface area (Å²) in [5.74, 6) is 0. The van der Waals surface area contributed by atoms with Crippen LogP contribution in [-0.4, -0.2) is 139 Å². The van der Waals surface area contributed by atoms with Crippen LogP contribution in [0.2, 0.25) is 0 Å². The van der Waals surface area contributed by atoms with Crippen LogP contribution in [-0.2, 0) is 9.47 Å². The highest BCUT2D eigenvalue weighted by molar-refractivity contribution is 7.80. The van der Waals surface area contributed by atoms with Gasteiger partial charge in [0.25, 0.3) is 0 Å². The number of thiocarbonyl (C=S) groups is 2. The average Bonchev–Trinajstić information content (AvgIpc) is 2.86. The standard InChI is InChI=1S/C20H38N4O10S2/c25-7-9-11(27)13(29)15(31)17(33-9)23-19(35)21-5-3-1-2-4-6-22-20(36)24-18-16(32)14(30)12(28)10(8-26)34-18/h9-18,25-32H,1-8H2,(H2,21,23,35)(H2,22,24,36)/t9-,10-,11-,12-,13+,14+,15-,16-,17-,18-/m1/s1. The molecule has 0 bridgehead atoms. The molecule has 16 heteroatoms. The number of aliphatic hydroxyl groups is 8. The highest BCUT2D eigenvalue weighted by atomic mass is 32.1. The SMILES string of the molecule is OC[C@H]1O[C@@H](NC(=S)NCCCCCCNC(=S)N[C@@H]2O[C@H](CO)[C@@H](O)[C@H](O)[C@H]2O)[C@H](O)[C@@H](O)[C@@H]1O. The molecule has 0 aromatic rings. The fourth-order valence-corrected chi connectivity index (χ4v) is 4.25. The van der Waals surface area contributed by atoms with Crippen molar-refractivity contribution in [3.63, 3.8) is 0 Å². The molecule has 14 nitrogen and oxygen atoms in total. The maximum Gasteiger partial charge on any atom is 0.168 e. The fourth-order valence-electron chi connectivity index (χ4n) is 3.81. The summed E-state index contributed by atoms with van der Waals surface area (Å²) in [5.41, 5.74) is 0. The predicted octanol–water partition coefficient (Wildman–Crippen LogP) is -4.93. The van der Waals surface area contributed by atoms with Gasteiger partial charge in [-0.2, -0.15) is 0 Å². The normalized spacial score (nSPS) is 36.7.